The van der Waals surface area contributed by atoms with E-state index >= 15 is 0 Å². The van der Waals surface area contributed by atoms with Crippen LogP contribution in [0.5, 0.6) is 0 Å². The number of methoxy groups -OCH3 is 1. The highest BCUT2D eigenvalue weighted by Gasteiger charge is 2.41. The number of amides is 2. The minimum absolute atomic E-state index is 0.0644. The van der Waals surface area contributed by atoms with Crippen LogP contribution in [-0.4, -0.2) is 70.8 Å². The van der Waals surface area contributed by atoms with Gasteiger partial charge >= 0.3 is 0 Å². The number of rotatable bonds is 6. The molecule has 2 atom stereocenters. The zero-order chi connectivity index (χ0) is 18.8. The van der Waals surface area contributed by atoms with Gasteiger partial charge in [-0.05, 0) is 39.2 Å². The SMILES string of the molecule is COCCN1C(=O)[C@@H]2CC[C@H]1CN(C(=O)CCn1nc(C)c(C)c1C)C2. The van der Waals surface area contributed by atoms with Crippen LogP contribution >= 0.6 is 0 Å². The van der Waals surface area contributed by atoms with Gasteiger partial charge in [0.25, 0.3) is 0 Å². The Morgan fingerprint density at radius 1 is 1.19 bits per heavy atom. The van der Waals surface area contributed by atoms with Gasteiger partial charge in [-0.1, -0.05) is 0 Å². The minimum atomic E-state index is -0.0644. The van der Waals surface area contributed by atoms with Crippen LogP contribution in [0.3, 0.4) is 0 Å². The monoisotopic (exact) mass is 362 g/mol. The van der Waals surface area contributed by atoms with Crippen LogP contribution < -0.4 is 0 Å². The molecule has 0 aliphatic carbocycles. The van der Waals surface area contributed by atoms with Gasteiger partial charge in [-0.15, -0.1) is 0 Å². The average molecular weight is 362 g/mol. The molecule has 7 nitrogen and oxygen atoms in total. The maximum Gasteiger partial charge on any atom is 0.227 e. The molecule has 0 radical (unpaired) electrons. The van der Waals surface area contributed by atoms with Crippen molar-refractivity contribution < 1.29 is 14.3 Å². The van der Waals surface area contributed by atoms with E-state index in [2.05, 4.69) is 12.0 Å². The van der Waals surface area contributed by atoms with Crippen LogP contribution in [0.2, 0.25) is 0 Å². The van der Waals surface area contributed by atoms with Gasteiger partial charge in [0, 0.05) is 51.4 Å². The lowest BCUT2D eigenvalue weighted by Crippen LogP contribution is -2.49. The highest BCUT2D eigenvalue weighted by Crippen LogP contribution is 2.29. The molecular formula is C19H30N4O3. The van der Waals surface area contributed by atoms with E-state index in [1.54, 1.807) is 7.11 Å². The van der Waals surface area contributed by atoms with Gasteiger partial charge in [-0.3, -0.25) is 14.3 Å². The normalized spacial score (nSPS) is 22.8. The highest BCUT2D eigenvalue weighted by molar-refractivity contribution is 5.83. The van der Waals surface area contributed by atoms with Crippen LogP contribution in [0, 0.1) is 26.7 Å². The standard InChI is InChI=1S/C19H30N4O3/c1-13-14(2)20-23(15(13)3)8-7-18(24)21-11-16-5-6-17(12-21)22(19(16)25)9-10-26-4/h16-17H,5-12H2,1-4H3/t16-,17+/m1/s1. The van der Waals surface area contributed by atoms with Crippen molar-refractivity contribution in [1.29, 1.82) is 0 Å². The van der Waals surface area contributed by atoms with Crippen molar-refractivity contribution >= 4 is 11.8 Å². The largest absolute Gasteiger partial charge is 0.383 e. The van der Waals surface area contributed by atoms with E-state index in [-0.39, 0.29) is 23.8 Å². The molecule has 0 saturated carbocycles. The molecule has 0 aromatic carbocycles. The summed E-state index contributed by atoms with van der Waals surface area (Å²) in [7, 11) is 1.65. The predicted octanol–water partition coefficient (Wildman–Crippen LogP) is 1.29. The van der Waals surface area contributed by atoms with E-state index in [0.717, 1.165) is 24.2 Å². The predicted molar refractivity (Wildman–Crippen MR) is 97.7 cm³/mol. The van der Waals surface area contributed by atoms with Gasteiger partial charge in [0.2, 0.25) is 11.8 Å². The zero-order valence-electron chi connectivity index (χ0n) is 16.3. The Balaban J connectivity index is 1.63. The zero-order valence-corrected chi connectivity index (χ0v) is 16.3. The summed E-state index contributed by atoms with van der Waals surface area (Å²) < 4.78 is 7.06. The summed E-state index contributed by atoms with van der Waals surface area (Å²) in [6, 6.07) is 0.122. The summed E-state index contributed by atoms with van der Waals surface area (Å²) in [5.74, 6) is 0.238. The molecule has 1 aromatic rings. The van der Waals surface area contributed by atoms with Crippen molar-refractivity contribution in [2.45, 2.75) is 52.6 Å². The van der Waals surface area contributed by atoms with Crippen LogP contribution in [0.1, 0.15) is 36.2 Å². The molecular weight excluding hydrogens is 332 g/mol. The lowest BCUT2D eigenvalue weighted by Gasteiger charge is -2.35. The van der Waals surface area contributed by atoms with Crippen molar-refractivity contribution in [3.8, 4) is 0 Å². The number of aromatic nitrogens is 2. The number of hydrogen-bond acceptors (Lipinski definition) is 4. The van der Waals surface area contributed by atoms with Crippen molar-refractivity contribution in [2.24, 2.45) is 5.92 Å². The second kappa shape index (κ2) is 7.78. The van der Waals surface area contributed by atoms with Crippen LogP contribution in [-0.2, 0) is 20.9 Å². The van der Waals surface area contributed by atoms with Crippen LogP contribution in [0.4, 0.5) is 0 Å². The molecule has 0 unspecified atom stereocenters. The van der Waals surface area contributed by atoms with Crippen molar-refractivity contribution in [3.05, 3.63) is 17.0 Å². The van der Waals surface area contributed by atoms with E-state index in [9.17, 15) is 9.59 Å². The minimum Gasteiger partial charge on any atom is -0.383 e. The summed E-state index contributed by atoms with van der Waals surface area (Å²) in [6.45, 7) is 9.03. The first kappa shape index (κ1) is 18.9. The van der Waals surface area contributed by atoms with E-state index in [0.29, 0.717) is 39.2 Å². The summed E-state index contributed by atoms with van der Waals surface area (Å²) in [5, 5.41) is 4.52. The molecule has 144 valence electrons. The lowest BCUT2D eigenvalue weighted by molar-refractivity contribution is -0.140. The van der Waals surface area contributed by atoms with Gasteiger partial charge in [-0.2, -0.15) is 5.10 Å². The summed E-state index contributed by atoms with van der Waals surface area (Å²) in [4.78, 5) is 29.3. The fourth-order valence-corrected chi connectivity index (χ4v) is 4.09. The Morgan fingerprint density at radius 3 is 2.62 bits per heavy atom. The van der Waals surface area contributed by atoms with E-state index in [1.807, 2.05) is 28.3 Å². The second-order valence-electron chi connectivity index (χ2n) is 7.52. The maximum atomic E-state index is 12.8. The van der Waals surface area contributed by atoms with Crippen LogP contribution in [0.15, 0.2) is 0 Å². The third-order valence-corrected chi connectivity index (χ3v) is 5.96. The first-order valence-corrected chi connectivity index (χ1v) is 9.50. The number of aryl methyl sites for hydroxylation is 2. The maximum absolute atomic E-state index is 12.8. The summed E-state index contributed by atoms with van der Waals surface area (Å²) in [6.07, 6.45) is 2.28. The highest BCUT2D eigenvalue weighted by atomic mass is 16.5. The van der Waals surface area contributed by atoms with E-state index in [1.165, 1.54) is 5.56 Å². The summed E-state index contributed by atoms with van der Waals surface area (Å²) in [5.41, 5.74) is 3.32. The molecule has 4 rings (SSSR count). The molecule has 3 aliphatic rings. The quantitative estimate of drug-likeness (QED) is 0.765. The number of fused-ring (bicyclic) bond motifs is 4. The number of piperidine rings is 1. The first-order valence-electron chi connectivity index (χ1n) is 9.50. The van der Waals surface area contributed by atoms with E-state index < -0.39 is 0 Å². The molecule has 2 amide bonds. The summed E-state index contributed by atoms with van der Waals surface area (Å²) >= 11 is 0. The molecule has 0 spiro atoms. The number of nitrogens with zero attached hydrogens (tertiary/aromatic N) is 4. The van der Waals surface area contributed by atoms with Crippen molar-refractivity contribution in [1.82, 2.24) is 19.6 Å². The Hall–Kier alpha value is -1.89. The van der Waals surface area contributed by atoms with Crippen molar-refractivity contribution in [3.63, 3.8) is 0 Å². The Labute approximate surface area is 155 Å². The van der Waals surface area contributed by atoms with E-state index in [4.69, 9.17) is 4.74 Å². The molecule has 3 saturated heterocycles. The lowest BCUT2D eigenvalue weighted by atomic mass is 9.94. The molecule has 26 heavy (non-hydrogen) atoms. The fraction of sp³-hybridized carbons (Fsp3) is 0.737. The molecule has 4 heterocycles. The Bertz CT molecular complexity index is 685. The molecule has 3 fully saturated rings. The smallest absolute Gasteiger partial charge is 0.227 e. The van der Waals surface area contributed by atoms with Crippen LogP contribution in [0.25, 0.3) is 0 Å². The molecule has 0 N–H and O–H groups in total. The van der Waals surface area contributed by atoms with Gasteiger partial charge in [0.05, 0.1) is 18.2 Å². The van der Waals surface area contributed by atoms with Gasteiger partial charge < -0.3 is 14.5 Å². The Morgan fingerprint density at radius 2 is 1.96 bits per heavy atom. The molecule has 7 heteroatoms. The number of carbonyl (C=O) groups is 2. The molecule has 2 bridgehead atoms. The van der Waals surface area contributed by atoms with Gasteiger partial charge in [-0.25, -0.2) is 0 Å². The number of ether oxygens (including phenoxy) is 1. The number of hydrogen-bond donors (Lipinski definition) is 0. The topological polar surface area (TPSA) is 67.7 Å². The first-order chi connectivity index (χ1) is 12.4. The third-order valence-electron chi connectivity index (χ3n) is 5.96. The number of carbonyl (C=O) groups excluding carboxylic acids is 2. The van der Waals surface area contributed by atoms with Crippen molar-refractivity contribution in [2.75, 3.05) is 33.4 Å². The third kappa shape index (κ3) is 3.63. The second-order valence-corrected chi connectivity index (χ2v) is 7.52. The average Bonchev–Trinajstić information content (AvgIpc) is 2.81. The Kier molecular flexibility index (Phi) is 5.65. The molecule has 3 aliphatic heterocycles. The van der Waals surface area contributed by atoms with Gasteiger partial charge in [0.15, 0.2) is 0 Å². The van der Waals surface area contributed by atoms with Gasteiger partial charge in [0.1, 0.15) is 0 Å². The fourth-order valence-electron chi connectivity index (χ4n) is 4.09. The molecule has 1 aromatic heterocycles.